The van der Waals surface area contributed by atoms with Gasteiger partial charge in [0.05, 0.1) is 13.7 Å². The maximum Gasteiger partial charge on any atom is 0.160 e. The molecule has 0 aliphatic carbocycles. The van der Waals surface area contributed by atoms with E-state index in [1.54, 1.807) is 13.2 Å². The zero-order valence-corrected chi connectivity index (χ0v) is 13.1. The van der Waals surface area contributed by atoms with Crippen molar-refractivity contribution in [1.82, 2.24) is 0 Å². The minimum Gasteiger partial charge on any atom is -0.504 e. The number of hydrogen-bond acceptors (Lipinski definition) is 4. The summed E-state index contributed by atoms with van der Waals surface area (Å²) in [5.74, 6) is 1.65. The van der Waals surface area contributed by atoms with Crippen LogP contribution in [0.15, 0.2) is 42.5 Å². The fraction of sp³-hybridized carbons (Fsp3) is 0.333. The third kappa shape index (κ3) is 3.71. The van der Waals surface area contributed by atoms with Gasteiger partial charge in [-0.1, -0.05) is 24.3 Å². The summed E-state index contributed by atoms with van der Waals surface area (Å²) in [5, 5.41) is 9.69. The van der Waals surface area contributed by atoms with Gasteiger partial charge in [-0.05, 0) is 49.2 Å². The molecule has 118 valence electrons. The van der Waals surface area contributed by atoms with E-state index in [1.165, 1.54) is 0 Å². The predicted octanol–water partition coefficient (Wildman–Crippen LogP) is 3.08. The fourth-order valence-corrected chi connectivity index (χ4v) is 2.56. The molecule has 1 atom stereocenters. The van der Waals surface area contributed by atoms with E-state index in [0.29, 0.717) is 18.9 Å². The van der Waals surface area contributed by atoms with Gasteiger partial charge in [-0.3, -0.25) is 0 Å². The summed E-state index contributed by atoms with van der Waals surface area (Å²) in [4.78, 5) is 0. The molecule has 4 nitrogen and oxygen atoms in total. The van der Waals surface area contributed by atoms with Crippen LogP contribution in [0.4, 0.5) is 0 Å². The highest BCUT2D eigenvalue weighted by atomic mass is 16.5. The van der Waals surface area contributed by atoms with E-state index >= 15 is 0 Å². The van der Waals surface area contributed by atoms with Crippen LogP contribution >= 0.6 is 0 Å². The van der Waals surface area contributed by atoms with Crippen molar-refractivity contribution < 1.29 is 14.6 Å². The van der Waals surface area contributed by atoms with Crippen LogP contribution in [-0.4, -0.2) is 25.4 Å². The summed E-state index contributed by atoms with van der Waals surface area (Å²) in [6, 6.07) is 13.4. The molecule has 0 aliphatic heterocycles. The van der Waals surface area contributed by atoms with Crippen LogP contribution in [0, 0.1) is 0 Å². The number of phenolic OH excluding ortho intramolecular Hbond substituents is 1. The molecule has 2 aromatic carbocycles. The SMILES string of the molecule is CCOc1ccccc1C(CN)Cc1ccc(O)c(OC)c1. The monoisotopic (exact) mass is 301 g/mol. The molecule has 3 N–H and O–H groups in total. The Morgan fingerprint density at radius 3 is 2.59 bits per heavy atom. The number of ether oxygens (including phenoxy) is 2. The van der Waals surface area contributed by atoms with Crippen molar-refractivity contribution >= 4 is 0 Å². The number of methoxy groups -OCH3 is 1. The van der Waals surface area contributed by atoms with Gasteiger partial charge in [-0.25, -0.2) is 0 Å². The number of aromatic hydroxyl groups is 1. The average Bonchev–Trinajstić information content (AvgIpc) is 2.55. The predicted molar refractivity (Wildman–Crippen MR) is 87.8 cm³/mol. The van der Waals surface area contributed by atoms with Gasteiger partial charge in [-0.15, -0.1) is 0 Å². The summed E-state index contributed by atoms with van der Waals surface area (Å²) in [5.41, 5.74) is 8.16. The molecule has 22 heavy (non-hydrogen) atoms. The van der Waals surface area contributed by atoms with Crippen LogP contribution < -0.4 is 15.2 Å². The first-order chi connectivity index (χ1) is 10.7. The topological polar surface area (TPSA) is 64.7 Å². The Hall–Kier alpha value is -2.20. The molecule has 0 aliphatic rings. The van der Waals surface area contributed by atoms with Gasteiger partial charge in [0.15, 0.2) is 11.5 Å². The van der Waals surface area contributed by atoms with E-state index in [2.05, 4.69) is 6.07 Å². The van der Waals surface area contributed by atoms with Gasteiger partial charge in [-0.2, -0.15) is 0 Å². The lowest BCUT2D eigenvalue weighted by Crippen LogP contribution is -2.16. The Kier molecular flexibility index (Phi) is 5.67. The van der Waals surface area contributed by atoms with Crippen LogP contribution in [-0.2, 0) is 6.42 Å². The Morgan fingerprint density at radius 1 is 1.14 bits per heavy atom. The summed E-state index contributed by atoms with van der Waals surface area (Å²) < 4.78 is 10.9. The van der Waals surface area contributed by atoms with Crippen molar-refractivity contribution in [3.05, 3.63) is 53.6 Å². The summed E-state index contributed by atoms with van der Waals surface area (Å²) >= 11 is 0. The lowest BCUT2D eigenvalue weighted by atomic mass is 9.91. The molecule has 0 saturated heterocycles. The Bertz CT molecular complexity index is 613. The highest BCUT2D eigenvalue weighted by molar-refractivity contribution is 5.43. The minimum absolute atomic E-state index is 0.144. The third-order valence-electron chi connectivity index (χ3n) is 3.67. The largest absolute Gasteiger partial charge is 0.504 e. The van der Waals surface area contributed by atoms with E-state index in [1.807, 2.05) is 37.3 Å². The van der Waals surface area contributed by atoms with Crippen LogP contribution in [0.5, 0.6) is 17.2 Å². The third-order valence-corrected chi connectivity index (χ3v) is 3.67. The summed E-state index contributed by atoms with van der Waals surface area (Å²) in [6.07, 6.45) is 0.761. The second kappa shape index (κ2) is 7.71. The second-order valence-corrected chi connectivity index (χ2v) is 5.11. The van der Waals surface area contributed by atoms with Crippen LogP contribution in [0.1, 0.15) is 24.0 Å². The zero-order chi connectivity index (χ0) is 15.9. The molecular weight excluding hydrogens is 278 g/mol. The molecule has 0 fully saturated rings. The van der Waals surface area contributed by atoms with Crippen molar-refractivity contribution in [2.24, 2.45) is 5.73 Å². The molecule has 2 rings (SSSR count). The number of para-hydroxylation sites is 1. The number of phenols is 1. The smallest absolute Gasteiger partial charge is 0.160 e. The van der Waals surface area contributed by atoms with Crippen molar-refractivity contribution in [3.63, 3.8) is 0 Å². The minimum atomic E-state index is 0.144. The van der Waals surface area contributed by atoms with Gasteiger partial charge in [0, 0.05) is 5.92 Å². The number of benzene rings is 2. The first kappa shape index (κ1) is 16.2. The van der Waals surface area contributed by atoms with E-state index in [4.69, 9.17) is 15.2 Å². The highest BCUT2D eigenvalue weighted by Gasteiger charge is 2.16. The molecule has 0 aromatic heterocycles. The molecular formula is C18H23NO3. The molecule has 0 radical (unpaired) electrons. The average molecular weight is 301 g/mol. The molecule has 0 saturated carbocycles. The molecule has 0 amide bonds. The van der Waals surface area contributed by atoms with Crippen molar-refractivity contribution in [1.29, 1.82) is 0 Å². The van der Waals surface area contributed by atoms with Crippen molar-refractivity contribution in [2.75, 3.05) is 20.3 Å². The van der Waals surface area contributed by atoms with E-state index in [-0.39, 0.29) is 11.7 Å². The number of nitrogens with two attached hydrogens (primary N) is 1. The first-order valence-electron chi connectivity index (χ1n) is 7.47. The molecule has 4 heteroatoms. The van der Waals surface area contributed by atoms with Crippen molar-refractivity contribution in [2.45, 2.75) is 19.3 Å². The van der Waals surface area contributed by atoms with Gasteiger partial charge in [0.25, 0.3) is 0 Å². The maximum absolute atomic E-state index is 9.69. The zero-order valence-electron chi connectivity index (χ0n) is 13.1. The summed E-state index contributed by atoms with van der Waals surface area (Å²) in [7, 11) is 1.55. The first-order valence-corrected chi connectivity index (χ1v) is 7.47. The molecule has 2 aromatic rings. The molecule has 0 bridgehead atoms. The molecule has 1 unspecified atom stereocenters. The van der Waals surface area contributed by atoms with Gasteiger partial charge in [0.1, 0.15) is 5.75 Å². The van der Waals surface area contributed by atoms with Gasteiger partial charge in [0.2, 0.25) is 0 Å². The Labute approximate surface area is 131 Å². The van der Waals surface area contributed by atoms with Gasteiger partial charge < -0.3 is 20.3 Å². The molecule has 0 spiro atoms. The van der Waals surface area contributed by atoms with Gasteiger partial charge >= 0.3 is 0 Å². The Morgan fingerprint density at radius 2 is 1.91 bits per heavy atom. The number of hydrogen-bond donors (Lipinski definition) is 2. The lowest BCUT2D eigenvalue weighted by molar-refractivity contribution is 0.334. The second-order valence-electron chi connectivity index (χ2n) is 5.11. The van der Waals surface area contributed by atoms with Crippen LogP contribution in [0.3, 0.4) is 0 Å². The van der Waals surface area contributed by atoms with Crippen LogP contribution in [0.2, 0.25) is 0 Å². The maximum atomic E-state index is 9.69. The standard InChI is InChI=1S/C18H23NO3/c1-3-22-17-7-5-4-6-15(17)14(12-19)10-13-8-9-16(20)18(11-13)21-2/h4-9,11,14,20H,3,10,12,19H2,1-2H3. The van der Waals surface area contributed by atoms with E-state index in [9.17, 15) is 5.11 Å². The molecule has 0 heterocycles. The highest BCUT2D eigenvalue weighted by Crippen LogP contribution is 2.32. The van der Waals surface area contributed by atoms with E-state index < -0.39 is 0 Å². The Balaban J connectivity index is 2.26. The van der Waals surface area contributed by atoms with E-state index in [0.717, 1.165) is 23.3 Å². The van der Waals surface area contributed by atoms with Crippen LogP contribution in [0.25, 0.3) is 0 Å². The quantitative estimate of drug-likeness (QED) is 0.825. The summed E-state index contributed by atoms with van der Waals surface area (Å²) in [6.45, 7) is 3.12. The lowest BCUT2D eigenvalue weighted by Gasteiger charge is -2.19. The van der Waals surface area contributed by atoms with Crippen molar-refractivity contribution in [3.8, 4) is 17.2 Å². The number of rotatable bonds is 7. The fourth-order valence-electron chi connectivity index (χ4n) is 2.56. The normalized spacial score (nSPS) is 12.0.